The second-order valence-electron chi connectivity index (χ2n) is 5.11. The van der Waals surface area contributed by atoms with Gasteiger partial charge in [-0.15, -0.1) is 12.4 Å². The van der Waals surface area contributed by atoms with E-state index in [1.807, 2.05) is 0 Å². The number of benzene rings is 2. The number of carboxylic acids is 1. The zero-order valence-electron chi connectivity index (χ0n) is 19.2. The van der Waals surface area contributed by atoms with Gasteiger partial charge in [0, 0.05) is 30.6 Å². The Hall–Kier alpha value is -2.55. The normalized spacial score (nSPS) is 8.26. The van der Waals surface area contributed by atoms with E-state index in [0.29, 0.717) is 19.0 Å². The second-order valence-corrected chi connectivity index (χ2v) is 5.11. The molecule has 0 aromatic heterocycles. The molecule has 0 aliphatic heterocycles. The average molecular weight is 539 g/mol. The number of carbonyl (C=O) groups is 3. The molecule has 0 saturated heterocycles. The molecular formula is C20H24ClF4N2NaO7. The third kappa shape index (κ3) is 27.6. The monoisotopic (exact) mass is 538 g/mol. The van der Waals surface area contributed by atoms with E-state index in [9.17, 15) is 27.2 Å². The van der Waals surface area contributed by atoms with Crippen molar-refractivity contribution in [1.82, 2.24) is 0 Å². The zero-order valence-corrected chi connectivity index (χ0v) is 22.0. The number of nitrogens with two attached hydrogens (primary N) is 1. The summed E-state index contributed by atoms with van der Waals surface area (Å²) in [7, 11) is 0. The quantitative estimate of drug-likeness (QED) is 0.0907. The third-order valence-corrected chi connectivity index (χ3v) is 2.60. The van der Waals surface area contributed by atoms with Crippen LogP contribution in [0.5, 0.6) is 0 Å². The second kappa shape index (κ2) is 27.7. The fourth-order valence-corrected chi connectivity index (χ4v) is 1.47. The van der Waals surface area contributed by atoms with Gasteiger partial charge in [0.1, 0.15) is 23.3 Å². The van der Waals surface area contributed by atoms with Gasteiger partial charge in [-0.05, 0) is 38.1 Å². The summed E-state index contributed by atoms with van der Waals surface area (Å²) in [5, 5.41) is 26.0. The molecule has 0 amide bonds. The van der Waals surface area contributed by atoms with E-state index in [-0.39, 0.29) is 59.1 Å². The van der Waals surface area contributed by atoms with Crippen molar-refractivity contribution >= 4 is 36.8 Å². The number of hydrogen-bond donors (Lipinski definition) is 3. The first kappa shape index (κ1) is 42.6. The molecule has 0 unspecified atom stereocenters. The van der Waals surface area contributed by atoms with Gasteiger partial charge in [0.25, 0.3) is 0 Å². The molecule has 9 nitrogen and oxygen atoms in total. The van der Waals surface area contributed by atoms with Crippen LogP contribution in [0.3, 0.4) is 0 Å². The van der Waals surface area contributed by atoms with Crippen LogP contribution in [0, 0.1) is 23.3 Å². The Morgan fingerprint density at radius 2 is 1.37 bits per heavy atom. The van der Waals surface area contributed by atoms with Gasteiger partial charge in [0.15, 0.2) is 6.29 Å². The molecule has 2 rings (SSSR count). The van der Waals surface area contributed by atoms with E-state index in [1.165, 1.54) is 13.0 Å². The first-order valence-electron chi connectivity index (χ1n) is 8.57. The van der Waals surface area contributed by atoms with E-state index in [2.05, 4.69) is 15.8 Å². The Balaban J connectivity index is -0.000000116. The molecule has 35 heavy (non-hydrogen) atoms. The smallest absolute Gasteiger partial charge is 0.550 e. The summed E-state index contributed by atoms with van der Waals surface area (Å²) in [6, 6.07) is 5.79. The minimum Gasteiger partial charge on any atom is -0.550 e. The van der Waals surface area contributed by atoms with Crippen molar-refractivity contribution in [1.29, 1.82) is 0 Å². The standard InChI is InChI=1S/C7H5F2NO.C7H4F2O.C4H8O2.C2H4O2.ClH.H3NO.Na/c8-6-2-1-5(4-10-11)7(9)3-6;8-6-2-1-5(4-10)7(9)3-6;1-3-6-4(2)5;1-2(3)4;;1-2;/h1-4,11H;1-4H;3H2,1-2H3;1H3,(H,3,4);1H;2H,1H2;/q;;;;;;+1/p-1/b10-4+;;;;;;. The summed E-state index contributed by atoms with van der Waals surface area (Å²) in [6.07, 6.45) is 1.24. The van der Waals surface area contributed by atoms with Gasteiger partial charge < -0.3 is 25.1 Å². The number of nitrogens with zero attached hydrogens (tertiary/aromatic N) is 1. The predicted octanol–water partition coefficient (Wildman–Crippen LogP) is -0.364. The predicted molar refractivity (Wildman–Crippen MR) is 114 cm³/mol. The number of rotatable bonds is 3. The average Bonchev–Trinajstić information content (AvgIpc) is 2.72. The molecule has 0 aliphatic carbocycles. The number of esters is 1. The molecule has 0 spiro atoms. The molecule has 0 bridgehead atoms. The van der Waals surface area contributed by atoms with E-state index < -0.39 is 29.2 Å². The number of aldehydes is 1. The van der Waals surface area contributed by atoms with Crippen molar-refractivity contribution in [2.45, 2.75) is 20.8 Å². The minimum absolute atomic E-state index is 0. The molecule has 2 aromatic carbocycles. The van der Waals surface area contributed by atoms with Crippen LogP contribution in [0.25, 0.3) is 0 Å². The van der Waals surface area contributed by atoms with E-state index in [4.69, 9.17) is 20.3 Å². The van der Waals surface area contributed by atoms with Gasteiger partial charge in [-0.3, -0.25) is 9.59 Å². The van der Waals surface area contributed by atoms with E-state index in [1.54, 1.807) is 6.92 Å². The summed E-state index contributed by atoms with van der Waals surface area (Å²) in [4.78, 5) is 28.7. The zero-order chi connectivity index (χ0) is 26.4. The molecule has 0 radical (unpaired) electrons. The maximum atomic E-state index is 12.6. The van der Waals surface area contributed by atoms with Crippen LogP contribution in [0.4, 0.5) is 17.6 Å². The Labute approximate surface area is 227 Å². The molecule has 2 aromatic rings. The molecule has 4 N–H and O–H groups in total. The summed E-state index contributed by atoms with van der Waals surface area (Å²) >= 11 is 0. The van der Waals surface area contributed by atoms with Crippen LogP contribution < -0.4 is 40.6 Å². The molecule has 0 fully saturated rings. The van der Waals surface area contributed by atoms with Gasteiger partial charge in [-0.2, -0.15) is 0 Å². The van der Waals surface area contributed by atoms with Gasteiger partial charge in [0.2, 0.25) is 0 Å². The summed E-state index contributed by atoms with van der Waals surface area (Å²) in [5.41, 5.74) is -0.0738. The number of oxime groups is 1. The maximum absolute atomic E-state index is 12.6. The number of carboxylic acid groups (broad SMARTS) is 1. The number of carbonyl (C=O) groups excluding carboxylic acids is 3. The largest absolute Gasteiger partial charge is 1.00 e. The van der Waals surface area contributed by atoms with E-state index >= 15 is 0 Å². The molecule has 0 aliphatic rings. The molecule has 15 heteroatoms. The first-order valence-corrected chi connectivity index (χ1v) is 8.57. The van der Waals surface area contributed by atoms with Crippen LogP contribution in [0.1, 0.15) is 36.7 Å². The van der Waals surface area contributed by atoms with Crippen LogP contribution in [-0.4, -0.2) is 41.5 Å². The summed E-state index contributed by atoms with van der Waals surface area (Å²) in [6.45, 7) is 4.63. The van der Waals surface area contributed by atoms with Crippen molar-refractivity contribution in [2.75, 3.05) is 6.61 Å². The van der Waals surface area contributed by atoms with Crippen molar-refractivity contribution in [3.05, 3.63) is 70.8 Å². The number of ether oxygens (including phenoxy) is 1. The minimum atomic E-state index is -1.08. The number of halogens is 5. The van der Waals surface area contributed by atoms with Crippen molar-refractivity contribution < 1.29 is 81.8 Å². The Kier molecular flexibility index (Phi) is 33.7. The molecule has 0 atom stereocenters. The molecule has 0 saturated carbocycles. The Morgan fingerprint density at radius 1 is 1.00 bits per heavy atom. The van der Waals surface area contributed by atoms with E-state index in [0.717, 1.165) is 37.4 Å². The maximum Gasteiger partial charge on any atom is 1.00 e. The Morgan fingerprint density at radius 3 is 1.60 bits per heavy atom. The number of aliphatic carboxylic acids is 1. The van der Waals surface area contributed by atoms with Crippen LogP contribution in [0.15, 0.2) is 41.6 Å². The van der Waals surface area contributed by atoms with Crippen LogP contribution >= 0.6 is 12.4 Å². The van der Waals surface area contributed by atoms with Gasteiger partial charge in [-0.25, -0.2) is 23.5 Å². The summed E-state index contributed by atoms with van der Waals surface area (Å²) < 4.78 is 53.7. The van der Waals surface area contributed by atoms with Crippen LogP contribution in [-0.2, 0) is 14.3 Å². The Bertz CT molecular complexity index is 891. The number of hydrogen-bond acceptors (Lipinski definition) is 9. The molecule has 0 heterocycles. The van der Waals surface area contributed by atoms with Crippen LogP contribution in [0.2, 0.25) is 0 Å². The fourth-order valence-electron chi connectivity index (χ4n) is 1.47. The summed E-state index contributed by atoms with van der Waals surface area (Å²) in [5.74, 6) is -0.698. The van der Waals surface area contributed by atoms with Crippen molar-refractivity contribution in [2.24, 2.45) is 11.1 Å². The SMILES string of the molecule is CC(=O)[O-].CCOC(C)=O.Cl.NO.O/N=C/c1ccc(F)cc1F.O=Cc1ccc(F)cc1F.[Na+]. The van der Waals surface area contributed by atoms with Crippen molar-refractivity contribution in [3.8, 4) is 0 Å². The van der Waals surface area contributed by atoms with Gasteiger partial charge >= 0.3 is 35.5 Å². The van der Waals surface area contributed by atoms with Crippen molar-refractivity contribution in [3.63, 3.8) is 0 Å². The first-order chi connectivity index (χ1) is 15.5. The topological polar surface area (TPSA) is 162 Å². The third-order valence-electron chi connectivity index (χ3n) is 2.60. The molecular weight excluding hydrogens is 515 g/mol. The van der Waals surface area contributed by atoms with Gasteiger partial charge in [-0.1, -0.05) is 5.16 Å². The molecule has 192 valence electrons. The fraction of sp³-hybridized carbons (Fsp3) is 0.200. The van der Waals surface area contributed by atoms with Gasteiger partial charge in [0.05, 0.1) is 18.4 Å².